The number of phenolic OH excluding ortho intramolecular Hbond substituents is 1. The van der Waals surface area contributed by atoms with Gasteiger partial charge in [0.25, 0.3) is 0 Å². The first kappa shape index (κ1) is 16.7. The van der Waals surface area contributed by atoms with Crippen molar-refractivity contribution < 1.29 is 5.11 Å². The van der Waals surface area contributed by atoms with Crippen molar-refractivity contribution in [2.75, 3.05) is 11.9 Å². The molecular formula is C15H20Cl2N2OS. The molecular weight excluding hydrogens is 327 g/mol. The summed E-state index contributed by atoms with van der Waals surface area (Å²) in [6.07, 6.45) is 6.45. The van der Waals surface area contributed by atoms with Gasteiger partial charge in [0.1, 0.15) is 0 Å². The molecule has 6 heteroatoms. The quantitative estimate of drug-likeness (QED) is 0.539. The van der Waals surface area contributed by atoms with Gasteiger partial charge < -0.3 is 15.7 Å². The zero-order valence-electron chi connectivity index (χ0n) is 12.0. The number of nitrogens with one attached hydrogen (secondary N) is 2. The Kier molecular flexibility index (Phi) is 5.97. The second kappa shape index (κ2) is 7.52. The lowest BCUT2D eigenvalue weighted by Gasteiger charge is -2.22. The molecule has 0 amide bonds. The number of benzene rings is 1. The fourth-order valence-corrected chi connectivity index (χ4v) is 3.24. The van der Waals surface area contributed by atoms with E-state index in [0.717, 1.165) is 6.54 Å². The summed E-state index contributed by atoms with van der Waals surface area (Å²) in [6, 6.07) is 1.63. The van der Waals surface area contributed by atoms with Crippen LogP contribution in [0.3, 0.4) is 0 Å². The monoisotopic (exact) mass is 346 g/mol. The molecule has 0 spiro atoms. The van der Waals surface area contributed by atoms with E-state index in [1.165, 1.54) is 32.1 Å². The molecule has 2 rings (SSSR count). The Hall–Kier alpha value is -0.710. The normalized spacial score (nSPS) is 15.8. The minimum Gasteiger partial charge on any atom is -0.504 e. The van der Waals surface area contributed by atoms with Crippen molar-refractivity contribution in [3.63, 3.8) is 0 Å². The summed E-state index contributed by atoms with van der Waals surface area (Å²) < 4.78 is 0. The van der Waals surface area contributed by atoms with Gasteiger partial charge in [0.2, 0.25) is 0 Å². The Bertz CT molecular complexity index is 531. The van der Waals surface area contributed by atoms with Crippen LogP contribution in [0.2, 0.25) is 10.0 Å². The summed E-state index contributed by atoms with van der Waals surface area (Å²) in [4.78, 5) is 0. The highest BCUT2D eigenvalue weighted by molar-refractivity contribution is 7.80. The highest BCUT2D eigenvalue weighted by Crippen LogP contribution is 2.38. The minimum atomic E-state index is -0.0274. The van der Waals surface area contributed by atoms with Crippen LogP contribution in [0.4, 0.5) is 5.69 Å². The van der Waals surface area contributed by atoms with Crippen LogP contribution in [0.15, 0.2) is 6.07 Å². The molecule has 1 aromatic carbocycles. The van der Waals surface area contributed by atoms with E-state index in [0.29, 0.717) is 27.3 Å². The van der Waals surface area contributed by atoms with Crippen LogP contribution in [0, 0.1) is 12.8 Å². The number of thiocarbonyl (C=S) groups is 1. The summed E-state index contributed by atoms with van der Waals surface area (Å²) in [5, 5.41) is 17.4. The Balaban J connectivity index is 1.93. The van der Waals surface area contributed by atoms with Crippen molar-refractivity contribution in [1.29, 1.82) is 0 Å². The third kappa shape index (κ3) is 4.38. The highest BCUT2D eigenvalue weighted by atomic mass is 35.5. The van der Waals surface area contributed by atoms with E-state index in [1.807, 2.05) is 0 Å². The van der Waals surface area contributed by atoms with E-state index in [1.54, 1.807) is 13.0 Å². The van der Waals surface area contributed by atoms with Crippen LogP contribution in [0.25, 0.3) is 0 Å². The highest BCUT2D eigenvalue weighted by Gasteiger charge is 2.15. The van der Waals surface area contributed by atoms with E-state index in [2.05, 4.69) is 10.6 Å². The van der Waals surface area contributed by atoms with Gasteiger partial charge in [-0.05, 0) is 49.5 Å². The molecule has 1 aromatic rings. The van der Waals surface area contributed by atoms with Crippen molar-refractivity contribution >= 4 is 46.2 Å². The summed E-state index contributed by atoms with van der Waals surface area (Å²) in [5.41, 5.74) is 1.08. The molecule has 0 aromatic heterocycles. The van der Waals surface area contributed by atoms with Crippen molar-refractivity contribution in [3.05, 3.63) is 21.7 Å². The van der Waals surface area contributed by atoms with E-state index in [9.17, 15) is 5.11 Å². The molecule has 0 unspecified atom stereocenters. The number of aromatic hydroxyl groups is 1. The lowest BCUT2D eigenvalue weighted by Crippen LogP contribution is -2.33. The summed E-state index contributed by atoms with van der Waals surface area (Å²) in [5.74, 6) is 0.651. The van der Waals surface area contributed by atoms with E-state index < -0.39 is 0 Å². The average molecular weight is 347 g/mol. The number of phenols is 1. The SMILES string of the molecule is Cc1c(Cl)cc(NC(=S)NCC2CCCCC2)c(O)c1Cl. The molecule has 3 N–H and O–H groups in total. The third-order valence-electron chi connectivity index (χ3n) is 3.95. The van der Waals surface area contributed by atoms with Crippen LogP contribution in [-0.4, -0.2) is 16.8 Å². The summed E-state index contributed by atoms with van der Waals surface area (Å²) >= 11 is 17.4. The zero-order valence-corrected chi connectivity index (χ0v) is 14.3. The van der Waals surface area contributed by atoms with Crippen molar-refractivity contribution in [2.24, 2.45) is 5.92 Å². The van der Waals surface area contributed by atoms with Crippen LogP contribution in [0.5, 0.6) is 5.75 Å². The molecule has 1 aliphatic rings. The standard InChI is InChI=1S/C15H20Cl2N2OS/c1-9-11(16)7-12(14(20)13(9)17)19-15(21)18-8-10-5-3-2-4-6-10/h7,10,20H,2-6,8H2,1H3,(H2,18,19,21). The molecule has 3 nitrogen and oxygen atoms in total. The third-order valence-corrected chi connectivity index (χ3v) is 5.05. The fourth-order valence-electron chi connectivity index (χ4n) is 2.59. The van der Waals surface area contributed by atoms with Gasteiger partial charge in [0.05, 0.1) is 10.7 Å². The summed E-state index contributed by atoms with van der Waals surface area (Å²) in [7, 11) is 0. The average Bonchev–Trinajstić information content (AvgIpc) is 2.49. The first-order valence-corrected chi connectivity index (χ1v) is 8.38. The number of hydrogen-bond donors (Lipinski definition) is 3. The molecule has 0 radical (unpaired) electrons. The van der Waals surface area contributed by atoms with Crippen LogP contribution in [0.1, 0.15) is 37.7 Å². The topological polar surface area (TPSA) is 44.3 Å². The molecule has 1 aliphatic carbocycles. The summed E-state index contributed by atoms with van der Waals surface area (Å²) in [6.45, 7) is 2.62. The fraction of sp³-hybridized carbons (Fsp3) is 0.533. The molecule has 0 aliphatic heterocycles. The molecule has 0 bridgehead atoms. The molecule has 0 atom stereocenters. The van der Waals surface area contributed by atoms with Gasteiger partial charge in [0, 0.05) is 11.6 Å². The van der Waals surface area contributed by atoms with Crippen molar-refractivity contribution in [1.82, 2.24) is 5.32 Å². The predicted octanol–water partition coefficient (Wildman–Crippen LogP) is 4.87. The first-order chi connectivity index (χ1) is 9.99. The van der Waals surface area contributed by atoms with Gasteiger partial charge in [-0.2, -0.15) is 0 Å². The van der Waals surface area contributed by atoms with Crippen LogP contribution >= 0.6 is 35.4 Å². The number of hydrogen-bond acceptors (Lipinski definition) is 2. The predicted molar refractivity (Wildman–Crippen MR) is 93.7 cm³/mol. The van der Waals surface area contributed by atoms with Crippen molar-refractivity contribution in [2.45, 2.75) is 39.0 Å². The Morgan fingerprint density at radius 3 is 2.67 bits per heavy atom. The van der Waals surface area contributed by atoms with E-state index in [-0.39, 0.29) is 10.8 Å². The maximum absolute atomic E-state index is 10.0. The molecule has 21 heavy (non-hydrogen) atoms. The first-order valence-electron chi connectivity index (χ1n) is 7.21. The van der Waals surface area contributed by atoms with Gasteiger partial charge in [-0.25, -0.2) is 0 Å². The molecule has 0 saturated heterocycles. The second-order valence-electron chi connectivity index (χ2n) is 5.53. The maximum Gasteiger partial charge on any atom is 0.170 e. The largest absolute Gasteiger partial charge is 0.504 e. The minimum absolute atomic E-state index is 0.0274. The van der Waals surface area contributed by atoms with Gasteiger partial charge >= 0.3 is 0 Å². The maximum atomic E-state index is 10.0. The number of rotatable bonds is 3. The number of anilines is 1. The molecule has 1 saturated carbocycles. The lowest BCUT2D eigenvalue weighted by atomic mass is 9.89. The smallest absolute Gasteiger partial charge is 0.170 e. The Labute approximate surface area is 141 Å². The Morgan fingerprint density at radius 1 is 1.33 bits per heavy atom. The second-order valence-corrected chi connectivity index (χ2v) is 6.73. The van der Waals surface area contributed by atoms with E-state index >= 15 is 0 Å². The Morgan fingerprint density at radius 2 is 2.00 bits per heavy atom. The number of halogens is 2. The van der Waals surface area contributed by atoms with Crippen molar-refractivity contribution in [3.8, 4) is 5.75 Å². The zero-order chi connectivity index (χ0) is 15.4. The molecule has 0 heterocycles. The lowest BCUT2D eigenvalue weighted by molar-refractivity contribution is 0.357. The van der Waals surface area contributed by atoms with Crippen LogP contribution in [-0.2, 0) is 0 Å². The van der Waals surface area contributed by atoms with Gasteiger partial charge in [0.15, 0.2) is 10.9 Å². The molecule has 1 fully saturated rings. The van der Waals surface area contributed by atoms with Gasteiger partial charge in [-0.1, -0.05) is 42.5 Å². The van der Waals surface area contributed by atoms with Gasteiger partial charge in [-0.3, -0.25) is 0 Å². The van der Waals surface area contributed by atoms with Crippen LogP contribution < -0.4 is 10.6 Å². The van der Waals surface area contributed by atoms with E-state index in [4.69, 9.17) is 35.4 Å². The van der Waals surface area contributed by atoms with Gasteiger partial charge in [-0.15, -0.1) is 0 Å². The molecule has 116 valence electrons.